The molecule has 2 unspecified atom stereocenters. The van der Waals surface area contributed by atoms with E-state index in [0.29, 0.717) is 11.4 Å². The summed E-state index contributed by atoms with van der Waals surface area (Å²) in [4.78, 5) is 16.9. The first-order valence-corrected chi connectivity index (χ1v) is 6.41. The number of carboxylic acid groups (broad SMARTS) is 1. The van der Waals surface area contributed by atoms with Crippen LogP contribution in [0.1, 0.15) is 31.1 Å². The number of benzene rings is 1. The number of rotatable bonds is 2. The van der Waals surface area contributed by atoms with Gasteiger partial charge in [-0.1, -0.05) is 24.3 Å². The van der Waals surface area contributed by atoms with E-state index in [-0.39, 0.29) is 5.57 Å². The van der Waals surface area contributed by atoms with E-state index in [2.05, 4.69) is 0 Å². The molecule has 0 amide bonds. The van der Waals surface area contributed by atoms with Crippen molar-refractivity contribution < 1.29 is 19.8 Å². The summed E-state index contributed by atoms with van der Waals surface area (Å²) in [5, 5.41) is 20.8. The fourth-order valence-corrected chi connectivity index (χ4v) is 2.75. The van der Waals surface area contributed by atoms with E-state index < -0.39 is 18.2 Å². The van der Waals surface area contributed by atoms with E-state index in [1.165, 1.54) is 5.06 Å². The second-order valence-corrected chi connectivity index (χ2v) is 4.93. The monoisotopic (exact) mass is 273 g/mol. The van der Waals surface area contributed by atoms with Gasteiger partial charge in [0.15, 0.2) is 0 Å². The molecule has 2 N–H and O–H groups in total. The lowest BCUT2D eigenvalue weighted by Gasteiger charge is -2.21. The van der Waals surface area contributed by atoms with Crippen LogP contribution in [0.4, 0.5) is 0 Å². The Kier molecular flexibility index (Phi) is 2.88. The number of aliphatic carboxylic acids is 1. The third kappa shape index (κ3) is 1.75. The zero-order valence-corrected chi connectivity index (χ0v) is 11.2. The van der Waals surface area contributed by atoms with Gasteiger partial charge in [0.1, 0.15) is 12.2 Å². The third-order valence-corrected chi connectivity index (χ3v) is 3.68. The molecule has 1 aromatic rings. The molecule has 0 bridgehead atoms. The van der Waals surface area contributed by atoms with Gasteiger partial charge in [-0.15, -0.1) is 0 Å². The van der Waals surface area contributed by atoms with Gasteiger partial charge in [-0.25, -0.2) is 9.86 Å². The standard InChI is InChI=1S/C15H15NO4/c1-8-14(15(18)19)9(2)20-16(8)12-7-13(17)11-6-4-3-5-10(11)12/h3-7,9,13,17H,1-2H3,(H,18,19). The Bertz CT molecular complexity index is 647. The molecule has 5 nitrogen and oxygen atoms in total. The summed E-state index contributed by atoms with van der Waals surface area (Å²) in [6, 6.07) is 7.47. The van der Waals surface area contributed by atoms with Crippen LogP contribution >= 0.6 is 0 Å². The Morgan fingerprint density at radius 2 is 2.05 bits per heavy atom. The second-order valence-electron chi connectivity index (χ2n) is 4.93. The van der Waals surface area contributed by atoms with Crippen LogP contribution in [0.15, 0.2) is 41.6 Å². The highest BCUT2D eigenvalue weighted by Gasteiger charge is 2.36. The number of hydroxylamine groups is 2. The van der Waals surface area contributed by atoms with Gasteiger partial charge in [-0.05, 0) is 25.5 Å². The maximum Gasteiger partial charge on any atom is 0.336 e. The fraction of sp³-hybridized carbons (Fsp3) is 0.267. The van der Waals surface area contributed by atoms with Crippen LogP contribution in [0.25, 0.3) is 5.70 Å². The smallest absolute Gasteiger partial charge is 0.336 e. The highest BCUT2D eigenvalue weighted by molar-refractivity contribution is 5.89. The van der Waals surface area contributed by atoms with Crippen molar-refractivity contribution in [1.82, 2.24) is 5.06 Å². The summed E-state index contributed by atoms with van der Waals surface area (Å²) in [5.74, 6) is -0.982. The van der Waals surface area contributed by atoms with Gasteiger partial charge in [0, 0.05) is 5.56 Å². The number of aliphatic hydroxyl groups is 1. The van der Waals surface area contributed by atoms with Gasteiger partial charge < -0.3 is 10.2 Å². The average Bonchev–Trinajstić information content (AvgIpc) is 2.88. The predicted octanol–water partition coefficient (Wildman–Crippen LogP) is 2.07. The number of carboxylic acids is 1. The van der Waals surface area contributed by atoms with E-state index in [0.717, 1.165) is 11.1 Å². The highest BCUT2D eigenvalue weighted by Crippen LogP contribution is 2.41. The van der Waals surface area contributed by atoms with Gasteiger partial charge in [0.05, 0.1) is 17.0 Å². The third-order valence-electron chi connectivity index (χ3n) is 3.68. The van der Waals surface area contributed by atoms with Gasteiger partial charge in [0.25, 0.3) is 0 Å². The molecular weight excluding hydrogens is 258 g/mol. The molecule has 0 aromatic heterocycles. The molecule has 2 atom stereocenters. The van der Waals surface area contributed by atoms with Gasteiger partial charge >= 0.3 is 5.97 Å². The molecule has 0 saturated carbocycles. The summed E-state index contributed by atoms with van der Waals surface area (Å²) < 4.78 is 0. The van der Waals surface area contributed by atoms with E-state index in [1.54, 1.807) is 19.9 Å². The minimum absolute atomic E-state index is 0.241. The molecule has 0 fully saturated rings. The van der Waals surface area contributed by atoms with E-state index in [9.17, 15) is 15.0 Å². The first-order valence-electron chi connectivity index (χ1n) is 6.41. The molecule has 3 rings (SSSR count). The van der Waals surface area contributed by atoms with Crippen LogP contribution in [0.2, 0.25) is 0 Å². The highest BCUT2D eigenvalue weighted by atomic mass is 16.7. The van der Waals surface area contributed by atoms with Crippen LogP contribution in [0.5, 0.6) is 0 Å². The molecular formula is C15H15NO4. The lowest BCUT2D eigenvalue weighted by atomic mass is 10.1. The predicted molar refractivity (Wildman–Crippen MR) is 72.1 cm³/mol. The number of hydrogen-bond donors (Lipinski definition) is 2. The average molecular weight is 273 g/mol. The van der Waals surface area contributed by atoms with Crippen molar-refractivity contribution in [2.45, 2.75) is 26.1 Å². The number of allylic oxidation sites excluding steroid dienone is 1. The van der Waals surface area contributed by atoms with Crippen molar-refractivity contribution >= 4 is 11.7 Å². The van der Waals surface area contributed by atoms with Crippen molar-refractivity contribution in [1.29, 1.82) is 0 Å². The Morgan fingerprint density at radius 1 is 1.35 bits per heavy atom. The van der Waals surface area contributed by atoms with Crippen LogP contribution in [0.3, 0.4) is 0 Å². The first-order chi connectivity index (χ1) is 9.50. The second kappa shape index (κ2) is 4.47. The molecule has 0 radical (unpaired) electrons. The van der Waals surface area contributed by atoms with Gasteiger partial charge in [-0.2, -0.15) is 0 Å². The fourth-order valence-electron chi connectivity index (χ4n) is 2.75. The number of aliphatic hydroxyl groups excluding tert-OH is 1. The minimum atomic E-state index is -0.982. The van der Waals surface area contributed by atoms with Crippen LogP contribution in [-0.2, 0) is 9.63 Å². The molecule has 0 spiro atoms. The SMILES string of the molecule is CC1=C(C(=O)O)C(C)ON1C1=CC(O)c2ccccc21. The molecule has 2 aliphatic rings. The van der Waals surface area contributed by atoms with E-state index >= 15 is 0 Å². The first kappa shape index (κ1) is 12.9. The van der Waals surface area contributed by atoms with Gasteiger partial charge in [-0.3, -0.25) is 4.84 Å². The Balaban J connectivity index is 2.05. The van der Waals surface area contributed by atoms with Crippen LogP contribution in [-0.4, -0.2) is 27.3 Å². The molecule has 1 aliphatic heterocycles. The normalized spacial score (nSPS) is 24.9. The number of hydrogen-bond acceptors (Lipinski definition) is 4. The van der Waals surface area contributed by atoms with Crippen molar-refractivity contribution in [2.75, 3.05) is 0 Å². The van der Waals surface area contributed by atoms with Crippen molar-refractivity contribution in [3.05, 3.63) is 52.7 Å². The lowest BCUT2D eigenvalue weighted by Crippen LogP contribution is -2.17. The largest absolute Gasteiger partial charge is 0.478 e. The van der Waals surface area contributed by atoms with Crippen LogP contribution < -0.4 is 0 Å². The van der Waals surface area contributed by atoms with Crippen molar-refractivity contribution in [3.63, 3.8) is 0 Å². The van der Waals surface area contributed by atoms with Crippen LogP contribution in [0, 0.1) is 0 Å². The summed E-state index contributed by atoms with van der Waals surface area (Å²) in [6.07, 6.45) is 0.464. The van der Waals surface area contributed by atoms with E-state index in [4.69, 9.17) is 4.84 Å². The molecule has 1 heterocycles. The minimum Gasteiger partial charge on any atom is -0.478 e. The maximum atomic E-state index is 11.3. The Morgan fingerprint density at radius 3 is 2.70 bits per heavy atom. The molecule has 104 valence electrons. The van der Waals surface area contributed by atoms with Crippen molar-refractivity contribution in [2.24, 2.45) is 0 Å². The Labute approximate surface area is 116 Å². The number of nitrogens with zero attached hydrogens (tertiary/aromatic N) is 1. The quantitative estimate of drug-likeness (QED) is 0.863. The van der Waals surface area contributed by atoms with Gasteiger partial charge in [0.2, 0.25) is 0 Å². The molecule has 1 aromatic carbocycles. The summed E-state index contributed by atoms with van der Waals surface area (Å²) in [5.41, 5.74) is 3.13. The Hall–Kier alpha value is -2.11. The van der Waals surface area contributed by atoms with Crippen molar-refractivity contribution in [3.8, 4) is 0 Å². The topological polar surface area (TPSA) is 70.0 Å². The summed E-state index contributed by atoms with van der Waals surface area (Å²) >= 11 is 0. The summed E-state index contributed by atoms with van der Waals surface area (Å²) in [6.45, 7) is 3.41. The molecule has 1 aliphatic carbocycles. The zero-order chi connectivity index (χ0) is 14.4. The maximum absolute atomic E-state index is 11.3. The lowest BCUT2D eigenvalue weighted by molar-refractivity contribution is -0.135. The zero-order valence-electron chi connectivity index (χ0n) is 11.2. The molecule has 5 heteroatoms. The number of carbonyl (C=O) groups is 1. The molecule has 20 heavy (non-hydrogen) atoms. The van der Waals surface area contributed by atoms with E-state index in [1.807, 2.05) is 24.3 Å². The summed E-state index contributed by atoms with van der Waals surface area (Å²) in [7, 11) is 0. The number of fused-ring (bicyclic) bond motifs is 1. The molecule has 0 saturated heterocycles.